The lowest BCUT2D eigenvalue weighted by Crippen LogP contribution is -2.29. The number of nitrogens with one attached hydrogen (secondary N) is 2. The van der Waals surface area contributed by atoms with Gasteiger partial charge in [0.25, 0.3) is 6.01 Å². The Labute approximate surface area is 170 Å². The molecule has 2 aromatic rings. The van der Waals surface area contributed by atoms with E-state index in [9.17, 15) is 0 Å². The third-order valence-corrected chi connectivity index (χ3v) is 5.43. The van der Waals surface area contributed by atoms with Crippen molar-refractivity contribution in [2.45, 2.75) is 83.6 Å². The smallest absolute Gasteiger partial charge is 0.295 e. The van der Waals surface area contributed by atoms with Gasteiger partial charge in [0.05, 0.1) is 0 Å². The predicted molar refractivity (Wildman–Crippen MR) is 117 cm³/mol. The molecule has 0 spiro atoms. The fraction of sp³-hybridized carbons (Fsp3) is 0.682. The number of oxazole rings is 1. The van der Waals surface area contributed by atoms with Crippen LogP contribution in [-0.2, 0) is 6.42 Å². The lowest BCUT2D eigenvalue weighted by molar-refractivity contribution is 0.575. The molecular formula is C22H36ClN3O. The number of rotatable bonds is 12. The Bertz CT molecular complexity index is 652. The highest BCUT2D eigenvalue weighted by atomic mass is 35.5. The van der Waals surface area contributed by atoms with E-state index in [0.29, 0.717) is 12.1 Å². The SMILES string of the molecule is CCCCCCCCCCc1ccc2oc(NC[C@@H]3CCCN3)nc2c1.Cl. The molecule has 2 N–H and O–H groups in total. The van der Waals surface area contributed by atoms with Gasteiger partial charge in [0.2, 0.25) is 0 Å². The summed E-state index contributed by atoms with van der Waals surface area (Å²) >= 11 is 0. The lowest BCUT2D eigenvalue weighted by Gasteiger charge is -2.09. The highest BCUT2D eigenvalue weighted by Crippen LogP contribution is 2.21. The van der Waals surface area contributed by atoms with Crippen LogP contribution in [0, 0.1) is 0 Å². The van der Waals surface area contributed by atoms with Crippen LogP contribution in [0.25, 0.3) is 11.1 Å². The predicted octanol–water partition coefficient (Wildman–Crippen LogP) is 6.10. The molecule has 1 fully saturated rings. The van der Waals surface area contributed by atoms with E-state index in [0.717, 1.165) is 30.6 Å². The minimum atomic E-state index is 0. The molecule has 0 saturated carbocycles. The number of hydrogen-bond acceptors (Lipinski definition) is 4. The molecule has 1 aliphatic rings. The van der Waals surface area contributed by atoms with Crippen LogP contribution in [0.5, 0.6) is 0 Å². The van der Waals surface area contributed by atoms with Crippen LogP contribution >= 0.6 is 12.4 Å². The maximum atomic E-state index is 5.82. The molecule has 0 aliphatic carbocycles. The number of aromatic nitrogens is 1. The molecule has 4 nitrogen and oxygen atoms in total. The maximum absolute atomic E-state index is 5.82. The van der Waals surface area contributed by atoms with Crippen molar-refractivity contribution in [3.63, 3.8) is 0 Å². The van der Waals surface area contributed by atoms with E-state index < -0.39 is 0 Å². The van der Waals surface area contributed by atoms with Gasteiger partial charge in [-0.1, -0.05) is 57.9 Å². The number of anilines is 1. The zero-order valence-corrected chi connectivity index (χ0v) is 17.6. The van der Waals surface area contributed by atoms with Crippen LogP contribution in [0.1, 0.15) is 76.7 Å². The van der Waals surface area contributed by atoms with E-state index in [1.54, 1.807) is 0 Å². The minimum Gasteiger partial charge on any atom is -0.424 e. The number of fused-ring (bicyclic) bond motifs is 1. The summed E-state index contributed by atoms with van der Waals surface area (Å²) in [6.07, 6.45) is 14.6. The molecule has 1 atom stereocenters. The fourth-order valence-corrected chi connectivity index (χ4v) is 3.81. The van der Waals surface area contributed by atoms with Gasteiger partial charge in [0, 0.05) is 12.6 Å². The topological polar surface area (TPSA) is 50.1 Å². The van der Waals surface area contributed by atoms with Gasteiger partial charge in [-0.3, -0.25) is 0 Å². The van der Waals surface area contributed by atoms with Crippen molar-refractivity contribution in [2.24, 2.45) is 0 Å². The van der Waals surface area contributed by atoms with E-state index in [4.69, 9.17) is 4.42 Å². The summed E-state index contributed by atoms with van der Waals surface area (Å²) in [7, 11) is 0. The van der Waals surface area contributed by atoms with Crippen LogP contribution in [0.2, 0.25) is 0 Å². The summed E-state index contributed by atoms with van der Waals surface area (Å²) in [6, 6.07) is 7.65. The second-order valence-electron chi connectivity index (χ2n) is 7.72. The van der Waals surface area contributed by atoms with Gasteiger partial charge < -0.3 is 15.1 Å². The number of nitrogens with zero attached hydrogens (tertiary/aromatic N) is 1. The maximum Gasteiger partial charge on any atom is 0.295 e. The van der Waals surface area contributed by atoms with Gasteiger partial charge in [-0.2, -0.15) is 4.98 Å². The Morgan fingerprint density at radius 1 is 1.11 bits per heavy atom. The Balaban J connectivity index is 0.00000261. The summed E-state index contributed by atoms with van der Waals surface area (Å²) in [6.45, 7) is 4.29. The summed E-state index contributed by atoms with van der Waals surface area (Å²) < 4.78 is 5.82. The Hall–Kier alpha value is -1.26. The van der Waals surface area contributed by atoms with Gasteiger partial charge in [-0.15, -0.1) is 12.4 Å². The van der Waals surface area contributed by atoms with Crippen LogP contribution in [-0.4, -0.2) is 24.1 Å². The first-order valence-electron chi connectivity index (χ1n) is 10.7. The molecule has 0 radical (unpaired) electrons. The average Bonchev–Trinajstić information content (AvgIpc) is 3.30. The fourth-order valence-electron chi connectivity index (χ4n) is 3.81. The van der Waals surface area contributed by atoms with Crippen LogP contribution in [0.15, 0.2) is 22.6 Å². The average molecular weight is 394 g/mol. The van der Waals surface area contributed by atoms with Crippen molar-refractivity contribution in [1.82, 2.24) is 10.3 Å². The van der Waals surface area contributed by atoms with Gasteiger partial charge in [0.15, 0.2) is 5.58 Å². The van der Waals surface area contributed by atoms with E-state index >= 15 is 0 Å². The van der Waals surface area contributed by atoms with Gasteiger partial charge in [-0.05, 0) is 49.9 Å². The van der Waals surface area contributed by atoms with Crippen LogP contribution in [0.3, 0.4) is 0 Å². The van der Waals surface area contributed by atoms with E-state index in [-0.39, 0.29) is 12.4 Å². The second-order valence-corrected chi connectivity index (χ2v) is 7.72. The van der Waals surface area contributed by atoms with Crippen LogP contribution in [0.4, 0.5) is 6.01 Å². The van der Waals surface area contributed by atoms with Crippen molar-refractivity contribution in [1.29, 1.82) is 0 Å². The molecule has 1 aliphatic heterocycles. The molecule has 5 heteroatoms. The van der Waals surface area contributed by atoms with Crippen molar-refractivity contribution in [3.05, 3.63) is 23.8 Å². The van der Waals surface area contributed by atoms with Crippen molar-refractivity contribution < 1.29 is 4.42 Å². The molecule has 0 unspecified atom stereocenters. The highest BCUT2D eigenvalue weighted by Gasteiger charge is 2.14. The summed E-state index contributed by atoms with van der Waals surface area (Å²) in [5.74, 6) is 0. The zero-order valence-electron chi connectivity index (χ0n) is 16.8. The highest BCUT2D eigenvalue weighted by molar-refractivity contribution is 5.85. The summed E-state index contributed by atoms with van der Waals surface area (Å²) in [4.78, 5) is 4.61. The summed E-state index contributed by atoms with van der Waals surface area (Å²) in [5.41, 5.74) is 3.23. The molecule has 0 amide bonds. The van der Waals surface area contributed by atoms with Crippen molar-refractivity contribution >= 4 is 29.5 Å². The normalized spacial score (nSPS) is 16.6. The molecule has 1 saturated heterocycles. The number of halogens is 1. The van der Waals surface area contributed by atoms with Crippen molar-refractivity contribution in [3.8, 4) is 0 Å². The molecule has 1 aromatic heterocycles. The summed E-state index contributed by atoms with van der Waals surface area (Å²) in [5, 5.41) is 6.82. The molecular weight excluding hydrogens is 358 g/mol. The Kier molecular flexibility index (Phi) is 10.00. The standard InChI is InChI=1S/C22H35N3O.ClH/c1-2-3-4-5-6-7-8-9-11-18-13-14-21-20(16-18)25-22(26-21)24-17-19-12-10-15-23-19;/h13-14,16,19,23H,2-12,15,17H2,1H3,(H,24,25);1H/t19-;/m0./s1. The third-order valence-electron chi connectivity index (χ3n) is 5.43. The number of hydrogen-bond donors (Lipinski definition) is 2. The lowest BCUT2D eigenvalue weighted by atomic mass is 10.0. The van der Waals surface area contributed by atoms with Gasteiger partial charge in [0.1, 0.15) is 5.52 Å². The Morgan fingerprint density at radius 2 is 1.89 bits per heavy atom. The monoisotopic (exact) mass is 393 g/mol. The molecule has 1 aromatic carbocycles. The van der Waals surface area contributed by atoms with E-state index in [1.165, 1.54) is 69.8 Å². The molecule has 0 bridgehead atoms. The minimum absolute atomic E-state index is 0. The quantitative estimate of drug-likeness (QED) is 0.428. The molecule has 152 valence electrons. The first kappa shape index (κ1) is 22.0. The first-order chi connectivity index (χ1) is 12.8. The number of unbranched alkanes of at least 4 members (excludes halogenated alkanes) is 7. The Morgan fingerprint density at radius 3 is 2.63 bits per heavy atom. The molecule has 3 rings (SSSR count). The van der Waals surface area contributed by atoms with Crippen molar-refractivity contribution in [2.75, 3.05) is 18.4 Å². The van der Waals surface area contributed by atoms with Crippen LogP contribution < -0.4 is 10.6 Å². The zero-order chi connectivity index (χ0) is 18.0. The van der Waals surface area contributed by atoms with E-state index in [2.05, 4.69) is 40.7 Å². The third kappa shape index (κ3) is 7.34. The number of aryl methyl sites for hydroxylation is 1. The van der Waals surface area contributed by atoms with E-state index in [1.807, 2.05) is 0 Å². The van der Waals surface area contributed by atoms with Gasteiger partial charge in [-0.25, -0.2) is 0 Å². The number of benzene rings is 1. The van der Waals surface area contributed by atoms with Gasteiger partial charge >= 0.3 is 0 Å². The first-order valence-corrected chi connectivity index (χ1v) is 10.7. The molecule has 27 heavy (non-hydrogen) atoms. The largest absolute Gasteiger partial charge is 0.424 e. The second kappa shape index (κ2) is 12.2. The molecule has 2 heterocycles.